The highest BCUT2D eigenvalue weighted by Crippen LogP contribution is 2.38. The Kier molecular flexibility index (Phi) is 6.48. The highest BCUT2D eigenvalue weighted by molar-refractivity contribution is 7.99. The molecule has 0 amide bonds. The van der Waals surface area contributed by atoms with Crippen molar-refractivity contribution in [1.29, 1.82) is 0 Å². The van der Waals surface area contributed by atoms with E-state index in [1.807, 2.05) is 17.9 Å². The third-order valence-electron chi connectivity index (χ3n) is 5.12. The number of hydrogen-bond acceptors (Lipinski definition) is 6. The van der Waals surface area contributed by atoms with Gasteiger partial charge in [-0.3, -0.25) is 9.78 Å². The van der Waals surface area contributed by atoms with Crippen molar-refractivity contribution in [3.05, 3.63) is 71.1 Å². The molecule has 1 aliphatic heterocycles. The highest BCUT2D eigenvalue weighted by Gasteiger charge is 2.26. The number of aromatic nitrogens is 2. The number of thioether (sulfide) groups is 1. The van der Waals surface area contributed by atoms with Crippen LogP contribution in [0.4, 0.5) is 10.1 Å². The van der Waals surface area contributed by atoms with Gasteiger partial charge in [0.25, 0.3) is 0 Å². The number of rotatable bonds is 6. The Labute approximate surface area is 184 Å². The Balaban J connectivity index is 1.77. The van der Waals surface area contributed by atoms with Gasteiger partial charge in [-0.05, 0) is 41.7 Å². The van der Waals surface area contributed by atoms with Gasteiger partial charge in [-0.15, -0.1) is 11.8 Å². The minimum absolute atomic E-state index is 0.212. The number of halogens is 1. The molecule has 160 valence electrons. The van der Waals surface area contributed by atoms with E-state index in [-0.39, 0.29) is 17.2 Å². The third kappa shape index (κ3) is 4.55. The number of hydrogen-bond donors (Lipinski definition) is 1. The zero-order valence-corrected chi connectivity index (χ0v) is 18.0. The van der Waals surface area contributed by atoms with E-state index in [0.717, 1.165) is 18.7 Å². The molecule has 3 heterocycles. The summed E-state index contributed by atoms with van der Waals surface area (Å²) in [5.41, 5.74) is 1.86. The Morgan fingerprint density at radius 1 is 1.39 bits per heavy atom. The van der Waals surface area contributed by atoms with Crippen LogP contribution in [0.25, 0.3) is 17.0 Å². The molecule has 0 spiro atoms. The smallest absolute Gasteiger partial charge is 0.239 e. The lowest BCUT2D eigenvalue weighted by molar-refractivity contribution is -0.578. The molecule has 1 saturated heterocycles. The van der Waals surface area contributed by atoms with Gasteiger partial charge in [-0.1, -0.05) is 13.0 Å². The molecule has 1 aliphatic rings. The standard InChI is InChI=1S/C23H23FN4O2S/c1-2-31-23-21-17(13-19(24)22(23)27-10-8-25-9-11-27)12-18(15-28(21)30)20(29)6-5-16-4-3-7-26-14-16/h3-7,12-15,25H,2,8-11H2,1H3. The molecule has 0 bridgehead atoms. The number of nitrogens with zero attached hydrogens (tertiary/aromatic N) is 3. The van der Waals surface area contributed by atoms with Gasteiger partial charge in [0.1, 0.15) is 10.7 Å². The van der Waals surface area contributed by atoms with Crippen LogP contribution in [0.3, 0.4) is 0 Å². The van der Waals surface area contributed by atoms with E-state index in [9.17, 15) is 10.0 Å². The number of fused-ring (bicyclic) bond motifs is 1. The van der Waals surface area contributed by atoms with Gasteiger partial charge < -0.3 is 15.4 Å². The highest BCUT2D eigenvalue weighted by atomic mass is 32.2. The second-order valence-electron chi connectivity index (χ2n) is 7.18. The Morgan fingerprint density at radius 2 is 2.19 bits per heavy atom. The van der Waals surface area contributed by atoms with Crippen LogP contribution in [-0.2, 0) is 0 Å². The van der Waals surface area contributed by atoms with Crippen LogP contribution in [0.5, 0.6) is 0 Å². The van der Waals surface area contributed by atoms with Crippen molar-refractivity contribution in [1.82, 2.24) is 10.3 Å². The number of piperazine rings is 1. The zero-order chi connectivity index (χ0) is 21.8. The predicted octanol–water partition coefficient (Wildman–Crippen LogP) is 3.43. The van der Waals surface area contributed by atoms with E-state index in [1.54, 1.807) is 30.6 Å². The summed E-state index contributed by atoms with van der Waals surface area (Å²) in [4.78, 5) is 19.3. The van der Waals surface area contributed by atoms with Crippen molar-refractivity contribution in [2.45, 2.75) is 11.8 Å². The van der Waals surface area contributed by atoms with Crippen molar-refractivity contribution >= 4 is 40.2 Å². The fourth-order valence-electron chi connectivity index (χ4n) is 3.70. The van der Waals surface area contributed by atoms with Gasteiger partial charge in [0.15, 0.2) is 12.0 Å². The van der Waals surface area contributed by atoms with Gasteiger partial charge in [-0.2, -0.15) is 4.73 Å². The van der Waals surface area contributed by atoms with Crippen molar-refractivity contribution in [3.8, 4) is 0 Å². The number of carbonyl (C=O) groups excluding carboxylic acids is 1. The lowest BCUT2D eigenvalue weighted by Gasteiger charge is -2.31. The third-order valence-corrected chi connectivity index (χ3v) is 6.08. The molecule has 0 aliphatic carbocycles. The lowest BCUT2D eigenvalue weighted by atomic mass is 10.1. The molecule has 2 aromatic heterocycles. The number of carbonyl (C=O) groups is 1. The van der Waals surface area contributed by atoms with Crippen molar-refractivity contribution < 1.29 is 13.9 Å². The second-order valence-corrected chi connectivity index (χ2v) is 8.46. The fourth-order valence-corrected chi connectivity index (χ4v) is 4.70. The van der Waals surface area contributed by atoms with Crippen LogP contribution in [0.15, 0.2) is 53.8 Å². The summed E-state index contributed by atoms with van der Waals surface area (Å²) >= 11 is 1.45. The zero-order valence-electron chi connectivity index (χ0n) is 17.2. The average molecular weight is 439 g/mol. The Hall–Kier alpha value is -2.97. The van der Waals surface area contributed by atoms with E-state index in [2.05, 4.69) is 10.3 Å². The quantitative estimate of drug-likeness (QED) is 0.209. The molecule has 0 radical (unpaired) electrons. The molecule has 0 atom stereocenters. The van der Waals surface area contributed by atoms with E-state index in [4.69, 9.17) is 0 Å². The predicted molar refractivity (Wildman–Crippen MR) is 122 cm³/mol. The van der Waals surface area contributed by atoms with Crippen LogP contribution >= 0.6 is 11.8 Å². The Morgan fingerprint density at radius 3 is 2.90 bits per heavy atom. The van der Waals surface area contributed by atoms with Crippen molar-refractivity contribution in [3.63, 3.8) is 0 Å². The van der Waals surface area contributed by atoms with Crippen molar-refractivity contribution in [2.75, 3.05) is 36.8 Å². The van der Waals surface area contributed by atoms with Crippen LogP contribution in [0.2, 0.25) is 0 Å². The molecule has 1 fully saturated rings. The summed E-state index contributed by atoms with van der Waals surface area (Å²) in [6.07, 6.45) is 7.60. The van der Waals surface area contributed by atoms with Crippen LogP contribution < -0.4 is 14.9 Å². The maximum Gasteiger partial charge on any atom is 0.239 e. The molecule has 1 N–H and O–H groups in total. The normalized spacial score (nSPS) is 14.5. The maximum atomic E-state index is 15.2. The van der Waals surface area contributed by atoms with Gasteiger partial charge in [-0.25, -0.2) is 4.39 Å². The monoisotopic (exact) mass is 438 g/mol. The first-order valence-electron chi connectivity index (χ1n) is 10.2. The largest absolute Gasteiger partial charge is 0.618 e. The van der Waals surface area contributed by atoms with Gasteiger partial charge in [0.05, 0.1) is 16.6 Å². The molecule has 1 aromatic carbocycles. The van der Waals surface area contributed by atoms with Crippen LogP contribution in [-0.4, -0.2) is 42.7 Å². The fraction of sp³-hybridized carbons (Fsp3) is 0.261. The molecular formula is C23H23FN4O2S. The molecule has 4 rings (SSSR count). The summed E-state index contributed by atoms with van der Waals surface area (Å²) in [6.45, 7) is 4.85. The Bertz CT molecular complexity index is 1130. The molecular weight excluding hydrogens is 415 g/mol. The molecule has 6 nitrogen and oxygen atoms in total. The number of pyridine rings is 2. The molecule has 31 heavy (non-hydrogen) atoms. The summed E-state index contributed by atoms with van der Waals surface area (Å²) in [6, 6.07) is 6.55. The minimum Gasteiger partial charge on any atom is -0.618 e. The summed E-state index contributed by atoms with van der Waals surface area (Å²) in [5, 5.41) is 16.7. The van der Waals surface area contributed by atoms with Crippen LogP contribution in [0.1, 0.15) is 22.8 Å². The number of anilines is 1. The molecule has 0 unspecified atom stereocenters. The summed E-state index contributed by atoms with van der Waals surface area (Å²) < 4.78 is 15.9. The first kappa shape index (κ1) is 21.3. The maximum absolute atomic E-state index is 15.2. The first-order valence-corrected chi connectivity index (χ1v) is 11.2. The molecule has 8 heteroatoms. The first-order chi connectivity index (χ1) is 15.1. The van der Waals surface area contributed by atoms with Gasteiger partial charge in [0.2, 0.25) is 5.52 Å². The lowest BCUT2D eigenvalue weighted by Crippen LogP contribution is -2.44. The molecule has 0 saturated carbocycles. The minimum atomic E-state index is -0.374. The van der Waals surface area contributed by atoms with Crippen molar-refractivity contribution in [2.24, 2.45) is 0 Å². The van der Waals surface area contributed by atoms with Gasteiger partial charge >= 0.3 is 0 Å². The number of nitrogens with one attached hydrogen (secondary N) is 1. The average Bonchev–Trinajstić information content (AvgIpc) is 2.78. The topological polar surface area (TPSA) is 72.2 Å². The van der Waals surface area contributed by atoms with Gasteiger partial charge in [0, 0.05) is 38.6 Å². The van der Waals surface area contributed by atoms with E-state index in [0.29, 0.717) is 45.1 Å². The second kappa shape index (κ2) is 9.45. The van der Waals surface area contributed by atoms with E-state index >= 15 is 4.39 Å². The van der Waals surface area contributed by atoms with E-state index in [1.165, 1.54) is 30.1 Å². The van der Waals surface area contributed by atoms with E-state index < -0.39 is 0 Å². The number of benzene rings is 1. The number of ketones is 1. The summed E-state index contributed by atoms with van der Waals surface area (Å²) in [7, 11) is 0. The van der Waals surface area contributed by atoms with Crippen LogP contribution in [0, 0.1) is 11.0 Å². The molecule has 3 aromatic rings. The summed E-state index contributed by atoms with van der Waals surface area (Å²) in [5.74, 6) is -0.000830. The SMILES string of the molecule is CCSc1c(N2CCNCC2)c(F)cc2cc(C(=O)C=Cc3cccnc3)c[n+]([O-])c12. The number of allylic oxidation sites excluding steroid dienone is 1.